The topological polar surface area (TPSA) is 64.7 Å². The molecule has 6 nitrogen and oxygen atoms in total. The van der Waals surface area contributed by atoms with E-state index in [0.29, 0.717) is 12.6 Å². The molecule has 1 aromatic carbocycles. The van der Waals surface area contributed by atoms with Gasteiger partial charge in [-0.1, -0.05) is 12.1 Å². The van der Waals surface area contributed by atoms with Crippen LogP contribution in [0.4, 0.5) is 5.69 Å². The minimum Gasteiger partial charge on any atom is -0.352 e. The Morgan fingerprint density at radius 2 is 1.85 bits per heavy atom. The van der Waals surface area contributed by atoms with Crippen molar-refractivity contribution >= 4 is 17.5 Å². The number of rotatable bonds is 6. The first-order valence-corrected chi connectivity index (χ1v) is 9.56. The number of hydrogen-bond acceptors (Lipinski definition) is 4. The van der Waals surface area contributed by atoms with Crippen molar-refractivity contribution in [2.45, 2.75) is 45.7 Å². The number of aryl methyl sites for hydroxylation is 2. The van der Waals surface area contributed by atoms with Gasteiger partial charge in [-0.25, -0.2) is 0 Å². The maximum atomic E-state index is 12.6. The van der Waals surface area contributed by atoms with E-state index in [1.54, 1.807) is 0 Å². The molecule has 3 rings (SSSR count). The van der Waals surface area contributed by atoms with Crippen LogP contribution in [-0.2, 0) is 9.59 Å². The Hall–Kier alpha value is -1.92. The molecule has 1 aliphatic carbocycles. The Balaban J connectivity index is 1.46. The Labute approximate surface area is 155 Å². The predicted octanol–water partition coefficient (Wildman–Crippen LogP) is 1.53. The van der Waals surface area contributed by atoms with Gasteiger partial charge in [-0.3, -0.25) is 19.4 Å². The van der Waals surface area contributed by atoms with Crippen LogP contribution < -0.4 is 10.6 Å². The molecule has 26 heavy (non-hydrogen) atoms. The molecule has 6 heteroatoms. The third-order valence-corrected chi connectivity index (χ3v) is 5.29. The van der Waals surface area contributed by atoms with Crippen LogP contribution in [0.5, 0.6) is 0 Å². The molecule has 1 atom stereocenters. The van der Waals surface area contributed by atoms with Crippen LogP contribution in [0.25, 0.3) is 0 Å². The first-order chi connectivity index (χ1) is 12.4. The van der Waals surface area contributed by atoms with Gasteiger partial charge in [0.25, 0.3) is 0 Å². The lowest BCUT2D eigenvalue weighted by molar-refractivity contribution is -0.124. The van der Waals surface area contributed by atoms with E-state index in [4.69, 9.17) is 0 Å². The van der Waals surface area contributed by atoms with E-state index in [1.165, 1.54) is 0 Å². The predicted molar refractivity (Wildman–Crippen MR) is 103 cm³/mol. The summed E-state index contributed by atoms with van der Waals surface area (Å²) in [6, 6.07) is 6.32. The molecule has 2 aliphatic rings. The zero-order chi connectivity index (χ0) is 18.7. The Bertz CT molecular complexity index is 664. The van der Waals surface area contributed by atoms with Gasteiger partial charge in [0.2, 0.25) is 11.8 Å². The summed E-state index contributed by atoms with van der Waals surface area (Å²) in [5.41, 5.74) is 3.09. The van der Waals surface area contributed by atoms with E-state index in [1.807, 2.05) is 39.0 Å². The summed E-state index contributed by atoms with van der Waals surface area (Å²) in [4.78, 5) is 28.9. The first kappa shape index (κ1) is 18.9. The van der Waals surface area contributed by atoms with Crippen molar-refractivity contribution in [3.63, 3.8) is 0 Å². The third-order valence-electron chi connectivity index (χ3n) is 5.29. The maximum absolute atomic E-state index is 12.6. The second-order valence-electron chi connectivity index (χ2n) is 7.64. The average Bonchev–Trinajstić information content (AvgIpc) is 3.42. The molecule has 0 spiro atoms. The number of anilines is 1. The van der Waals surface area contributed by atoms with Crippen molar-refractivity contribution < 1.29 is 9.59 Å². The van der Waals surface area contributed by atoms with E-state index in [2.05, 4.69) is 20.4 Å². The van der Waals surface area contributed by atoms with Gasteiger partial charge in [-0.05, 0) is 50.8 Å². The van der Waals surface area contributed by atoms with Crippen molar-refractivity contribution in [2.24, 2.45) is 0 Å². The number of nitrogens with zero attached hydrogens (tertiary/aromatic N) is 2. The largest absolute Gasteiger partial charge is 0.352 e. The van der Waals surface area contributed by atoms with Gasteiger partial charge in [-0.15, -0.1) is 0 Å². The van der Waals surface area contributed by atoms with Crippen molar-refractivity contribution in [1.82, 2.24) is 15.1 Å². The van der Waals surface area contributed by atoms with E-state index in [0.717, 1.165) is 55.8 Å². The normalized spacial score (nSPS) is 19.8. The fourth-order valence-electron chi connectivity index (χ4n) is 3.29. The van der Waals surface area contributed by atoms with Gasteiger partial charge in [-0.2, -0.15) is 0 Å². The molecular formula is C20H30N4O2. The second-order valence-corrected chi connectivity index (χ2v) is 7.64. The monoisotopic (exact) mass is 358 g/mol. The third kappa shape index (κ3) is 5.05. The summed E-state index contributed by atoms with van der Waals surface area (Å²) in [6.45, 7) is 9.69. The standard InChI is InChI=1S/C20H30N4O2/c1-14-4-5-15(2)18(12-14)22-20(26)16(3)24-10-8-23(9-11-24)13-19(25)21-17-6-7-17/h4-5,12,16-17H,6-11,13H2,1-3H3,(H,21,25)(H,22,26)/t16-/m1/s1. The summed E-state index contributed by atoms with van der Waals surface area (Å²) in [7, 11) is 0. The molecule has 1 saturated heterocycles. The minimum atomic E-state index is -0.183. The van der Waals surface area contributed by atoms with E-state index in [9.17, 15) is 9.59 Å². The highest BCUT2D eigenvalue weighted by Crippen LogP contribution is 2.19. The zero-order valence-corrected chi connectivity index (χ0v) is 16.0. The number of carbonyl (C=O) groups is 2. The highest BCUT2D eigenvalue weighted by molar-refractivity contribution is 5.95. The van der Waals surface area contributed by atoms with Crippen LogP contribution in [-0.4, -0.2) is 66.4 Å². The zero-order valence-electron chi connectivity index (χ0n) is 16.0. The van der Waals surface area contributed by atoms with Gasteiger partial charge in [0.1, 0.15) is 0 Å². The number of amides is 2. The molecule has 0 unspecified atom stereocenters. The van der Waals surface area contributed by atoms with Crippen LogP contribution in [0.15, 0.2) is 18.2 Å². The number of nitrogens with one attached hydrogen (secondary N) is 2. The van der Waals surface area contributed by atoms with Gasteiger partial charge in [0.05, 0.1) is 12.6 Å². The maximum Gasteiger partial charge on any atom is 0.241 e. The van der Waals surface area contributed by atoms with Crippen molar-refractivity contribution in [3.8, 4) is 0 Å². The molecule has 0 bridgehead atoms. The minimum absolute atomic E-state index is 0.0265. The quantitative estimate of drug-likeness (QED) is 0.809. The van der Waals surface area contributed by atoms with E-state index >= 15 is 0 Å². The highest BCUT2D eigenvalue weighted by Gasteiger charge is 2.28. The molecule has 0 radical (unpaired) electrons. The number of benzene rings is 1. The van der Waals surface area contributed by atoms with Crippen LogP contribution in [0.1, 0.15) is 30.9 Å². The van der Waals surface area contributed by atoms with E-state index in [-0.39, 0.29) is 17.9 Å². The van der Waals surface area contributed by atoms with Gasteiger partial charge >= 0.3 is 0 Å². The molecule has 2 fully saturated rings. The van der Waals surface area contributed by atoms with Crippen LogP contribution in [0, 0.1) is 13.8 Å². The fraction of sp³-hybridized carbons (Fsp3) is 0.600. The smallest absolute Gasteiger partial charge is 0.241 e. The van der Waals surface area contributed by atoms with Crippen LogP contribution in [0.3, 0.4) is 0 Å². The summed E-state index contributed by atoms with van der Waals surface area (Å²) in [5, 5.41) is 6.09. The van der Waals surface area contributed by atoms with Crippen LogP contribution >= 0.6 is 0 Å². The lowest BCUT2D eigenvalue weighted by Gasteiger charge is -2.37. The SMILES string of the molecule is Cc1ccc(C)c(NC(=O)[C@@H](C)N2CCN(CC(=O)NC3CC3)CC2)c1. The Morgan fingerprint density at radius 3 is 2.50 bits per heavy atom. The molecule has 1 heterocycles. The molecular weight excluding hydrogens is 328 g/mol. The van der Waals surface area contributed by atoms with Gasteiger partial charge in [0, 0.05) is 37.9 Å². The molecule has 1 aromatic rings. The molecule has 142 valence electrons. The lowest BCUT2D eigenvalue weighted by atomic mass is 10.1. The lowest BCUT2D eigenvalue weighted by Crippen LogP contribution is -2.54. The number of carbonyl (C=O) groups excluding carboxylic acids is 2. The van der Waals surface area contributed by atoms with Crippen molar-refractivity contribution in [1.29, 1.82) is 0 Å². The second kappa shape index (κ2) is 8.18. The summed E-state index contributed by atoms with van der Waals surface area (Å²) < 4.78 is 0. The van der Waals surface area contributed by atoms with Crippen molar-refractivity contribution in [3.05, 3.63) is 29.3 Å². The first-order valence-electron chi connectivity index (χ1n) is 9.56. The summed E-state index contributed by atoms with van der Waals surface area (Å²) in [5.74, 6) is 0.153. The van der Waals surface area contributed by atoms with Gasteiger partial charge < -0.3 is 10.6 Å². The summed E-state index contributed by atoms with van der Waals surface area (Å²) in [6.07, 6.45) is 2.24. The van der Waals surface area contributed by atoms with E-state index < -0.39 is 0 Å². The fourth-order valence-corrected chi connectivity index (χ4v) is 3.29. The number of piperazine rings is 1. The Morgan fingerprint density at radius 1 is 1.15 bits per heavy atom. The molecule has 1 saturated carbocycles. The Kier molecular flexibility index (Phi) is 5.94. The highest BCUT2D eigenvalue weighted by atomic mass is 16.2. The van der Waals surface area contributed by atoms with Crippen molar-refractivity contribution in [2.75, 3.05) is 38.0 Å². The van der Waals surface area contributed by atoms with Gasteiger partial charge in [0.15, 0.2) is 0 Å². The molecule has 0 aromatic heterocycles. The average molecular weight is 358 g/mol. The van der Waals surface area contributed by atoms with Crippen LogP contribution in [0.2, 0.25) is 0 Å². The summed E-state index contributed by atoms with van der Waals surface area (Å²) >= 11 is 0. The molecule has 2 amide bonds. The molecule has 2 N–H and O–H groups in total. The molecule has 1 aliphatic heterocycles. The number of hydrogen-bond donors (Lipinski definition) is 2.